The van der Waals surface area contributed by atoms with E-state index in [9.17, 15) is 9.59 Å². The maximum absolute atomic E-state index is 13.4. The Kier molecular flexibility index (Phi) is 9.51. The first-order valence-electron chi connectivity index (χ1n) is 11.9. The molecule has 0 spiro atoms. The first kappa shape index (κ1) is 26.4. The van der Waals surface area contributed by atoms with Crippen LogP contribution in [-0.2, 0) is 21.5 Å². The average molecular weight is 453 g/mol. The van der Waals surface area contributed by atoms with Crippen molar-refractivity contribution < 1.29 is 14.3 Å². The van der Waals surface area contributed by atoms with Crippen LogP contribution in [0.15, 0.2) is 48.5 Å². The Hall–Kier alpha value is -2.82. The number of amides is 2. The van der Waals surface area contributed by atoms with Gasteiger partial charge in [-0.2, -0.15) is 0 Å². The summed E-state index contributed by atoms with van der Waals surface area (Å²) in [6.07, 6.45) is 1.36. The molecule has 0 aliphatic carbocycles. The van der Waals surface area contributed by atoms with Gasteiger partial charge >= 0.3 is 0 Å². The molecule has 2 aromatic carbocycles. The molecule has 0 saturated carbocycles. The maximum atomic E-state index is 13.4. The lowest BCUT2D eigenvalue weighted by Gasteiger charge is -2.31. The number of aryl methyl sites for hydroxylation is 1. The van der Waals surface area contributed by atoms with Gasteiger partial charge in [0.1, 0.15) is 11.8 Å². The molecule has 0 saturated heterocycles. The van der Waals surface area contributed by atoms with Crippen molar-refractivity contribution in [3.8, 4) is 5.75 Å². The predicted octanol–water partition coefficient (Wildman–Crippen LogP) is 5.39. The lowest BCUT2D eigenvalue weighted by molar-refractivity contribution is -0.143. The predicted molar refractivity (Wildman–Crippen MR) is 134 cm³/mol. The van der Waals surface area contributed by atoms with Crippen molar-refractivity contribution in [2.24, 2.45) is 0 Å². The number of carbonyl (C=O) groups is 2. The molecular weight excluding hydrogens is 412 g/mol. The van der Waals surface area contributed by atoms with Crippen LogP contribution in [0.2, 0.25) is 0 Å². The maximum Gasteiger partial charge on any atom is 0.261 e. The number of benzene rings is 2. The van der Waals surface area contributed by atoms with Crippen LogP contribution in [0.3, 0.4) is 0 Å². The summed E-state index contributed by atoms with van der Waals surface area (Å²) in [6.45, 7) is 14.6. The number of rotatable bonds is 10. The third kappa shape index (κ3) is 7.62. The molecule has 0 aromatic heterocycles. The van der Waals surface area contributed by atoms with E-state index in [4.69, 9.17) is 4.74 Å². The fourth-order valence-corrected chi connectivity index (χ4v) is 3.69. The number of carbonyl (C=O) groups excluding carboxylic acids is 2. The number of nitrogens with one attached hydrogen (secondary N) is 1. The van der Waals surface area contributed by atoms with Crippen molar-refractivity contribution in [2.45, 2.75) is 85.4 Å². The van der Waals surface area contributed by atoms with E-state index in [-0.39, 0.29) is 29.9 Å². The first-order valence-corrected chi connectivity index (χ1v) is 11.9. The standard InChI is InChI=1S/C28H40N2O3/c1-8-21(4)29-27(32)24(9-2)30(18-22-16-14-20(3)15-17-22)26(31)19-33-25-13-11-10-12-23(25)28(5,6)7/h10-17,21,24H,8-9,18-19H2,1-7H3,(H,29,32)/t21-,24-/m0/s1. The van der Waals surface area contributed by atoms with E-state index in [2.05, 4.69) is 26.1 Å². The summed E-state index contributed by atoms with van der Waals surface area (Å²) in [4.78, 5) is 28.1. The van der Waals surface area contributed by atoms with E-state index in [1.165, 1.54) is 0 Å². The monoisotopic (exact) mass is 452 g/mol. The minimum Gasteiger partial charge on any atom is -0.483 e. The van der Waals surface area contributed by atoms with Gasteiger partial charge in [0.15, 0.2) is 6.61 Å². The lowest BCUT2D eigenvalue weighted by atomic mass is 9.86. The van der Waals surface area contributed by atoms with E-state index in [0.717, 1.165) is 23.1 Å². The Morgan fingerprint density at radius 1 is 1.00 bits per heavy atom. The molecule has 2 rings (SSSR count). The fraction of sp³-hybridized carbons (Fsp3) is 0.500. The van der Waals surface area contributed by atoms with Crippen molar-refractivity contribution in [1.82, 2.24) is 10.2 Å². The van der Waals surface area contributed by atoms with Gasteiger partial charge in [0.2, 0.25) is 5.91 Å². The van der Waals surface area contributed by atoms with E-state index in [1.807, 2.05) is 76.2 Å². The van der Waals surface area contributed by atoms with Gasteiger partial charge in [-0.15, -0.1) is 0 Å². The zero-order chi connectivity index (χ0) is 24.6. The highest BCUT2D eigenvalue weighted by atomic mass is 16.5. The minimum atomic E-state index is -0.561. The Balaban J connectivity index is 2.27. The van der Waals surface area contributed by atoms with Gasteiger partial charge in [-0.3, -0.25) is 9.59 Å². The molecule has 5 nitrogen and oxygen atoms in total. The van der Waals surface area contributed by atoms with Crippen LogP contribution in [0.4, 0.5) is 0 Å². The SMILES string of the molecule is CC[C@H](C)NC(=O)[C@H](CC)N(Cc1ccc(C)cc1)C(=O)COc1ccccc1C(C)(C)C. The molecule has 2 atom stereocenters. The van der Waals surface area contributed by atoms with Crippen LogP contribution in [-0.4, -0.2) is 35.4 Å². The third-order valence-corrected chi connectivity index (χ3v) is 5.91. The largest absolute Gasteiger partial charge is 0.483 e. The first-order chi connectivity index (χ1) is 15.6. The topological polar surface area (TPSA) is 58.6 Å². The molecule has 180 valence electrons. The van der Waals surface area contributed by atoms with Gasteiger partial charge in [-0.1, -0.05) is 82.6 Å². The van der Waals surface area contributed by atoms with E-state index >= 15 is 0 Å². The summed E-state index contributed by atoms with van der Waals surface area (Å²) in [5.41, 5.74) is 3.08. The second kappa shape index (κ2) is 11.9. The Morgan fingerprint density at radius 3 is 2.21 bits per heavy atom. The quantitative estimate of drug-likeness (QED) is 0.526. The molecule has 0 bridgehead atoms. The average Bonchev–Trinajstić information content (AvgIpc) is 2.78. The van der Waals surface area contributed by atoms with Crippen LogP contribution in [0.5, 0.6) is 5.75 Å². The van der Waals surface area contributed by atoms with Crippen LogP contribution in [0, 0.1) is 6.92 Å². The highest BCUT2D eigenvalue weighted by Gasteiger charge is 2.30. The molecule has 0 unspecified atom stereocenters. The second-order valence-electron chi connectivity index (χ2n) is 9.78. The summed E-state index contributed by atoms with van der Waals surface area (Å²) >= 11 is 0. The van der Waals surface area contributed by atoms with Gasteiger partial charge < -0.3 is 15.0 Å². The Bertz CT molecular complexity index is 915. The zero-order valence-corrected chi connectivity index (χ0v) is 21.3. The fourth-order valence-electron chi connectivity index (χ4n) is 3.69. The van der Waals surface area contributed by atoms with Crippen molar-refractivity contribution in [2.75, 3.05) is 6.61 Å². The molecule has 0 aliphatic heterocycles. The smallest absolute Gasteiger partial charge is 0.261 e. The van der Waals surface area contributed by atoms with Crippen LogP contribution in [0.25, 0.3) is 0 Å². The van der Waals surface area contributed by atoms with E-state index in [1.54, 1.807) is 4.90 Å². The van der Waals surface area contributed by atoms with Gasteiger partial charge in [-0.25, -0.2) is 0 Å². The van der Waals surface area contributed by atoms with E-state index in [0.29, 0.717) is 18.7 Å². The minimum absolute atomic E-state index is 0.0535. The third-order valence-electron chi connectivity index (χ3n) is 5.91. The van der Waals surface area contributed by atoms with E-state index < -0.39 is 6.04 Å². The molecule has 33 heavy (non-hydrogen) atoms. The normalized spacial score (nSPS) is 13.2. The zero-order valence-electron chi connectivity index (χ0n) is 21.3. The summed E-state index contributed by atoms with van der Waals surface area (Å²) in [7, 11) is 0. The van der Waals surface area contributed by atoms with Crippen LogP contribution >= 0.6 is 0 Å². The molecule has 2 aromatic rings. The van der Waals surface area contributed by atoms with Crippen molar-refractivity contribution in [3.63, 3.8) is 0 Å². The molecular formula is C28H40N2O3. The van der Waals surface area contributed by atoms with Gasteiger partial charge in [0.25, 0.3) is 5.91 Å². The number of hydrogen-bond donors (Lipinski definition) is 1. The van der Waals surface area contributed by atoms with Gasteiger partial charge in [0, 0.05) is 12.6 Å². The molecule has 2 amide bonds. The van der Waals surface area contributed by atoms with Gasteiger partial charge in [-0.05, 0) is 49.3 Å². The molecule has 5 heteroatoms. The second-order valence-corrected chi connectivity index (χ2v) is 9.78. The lowest BCUT2D eigenvalue weighted by Crippen LogP contribution is -2.51. The van der Waals surface area contributed by atoms with Crippen LogP contribution in [0.1, 0.15) is 71.1 Å². The summed E-state index contributed by atoms with van der Waals surface area (Å²) in [6, 6.07) is 15.4. The number of hydrogen-bond acceptors (Lipinski definition) is 3. The molecule has 0 heterocycles. The number of ether oxygens (including phenoxy) is 1. The van der Waals surface area contributed by atoms with Crippen molar-refractivity contribution >= 4 is 11.8 Å². The summed E-state index contributed by atoms with van der Waals surface area (Å²) in [5, 5.41) is 3.04. The highest BCUT2D eigenvalue weighted by Crippen LogP contribution is 2.31. The number of para-hydroxylation sites is 1. The van der Waals surface area contributed by atoms with Gasteiger partial charge in [0.05, 0.1) is 0 Å². The molecule has 0 fully saturated rings. The molecule has 1 N–H and O–H groups in total. The van der Waals surface area contributed by atoms with Crippen molar-refractivity contribution in [3.05, 3.63) is 65.2 Å². The summed E-state index contributed by atoms with van der Waals surface area (Å²) < 4.78 is 6.02. The van der Waals surface area contributed by atoms with Crippen molar-refractivity contribution in [1.29, 1.82) is 0 Å². The summed E-state index contributed by atoms with van der Waals surface area (Å²) in [5.74, 6) is 0.374. The number of nitrogens with zero attached hydrogens (tertiary/aromatic N) is 1. The Morgan fingerprint density at radius 2 is 1.64 bits per heavy atom. The Labute approximate surface area is 199 Å². The molecule has 0 aliphatic rings. The highest BCUT2D eigenvalue weighted by molar-refractivity contribution is 5.88. The van der Waals surface area contributed by atoms with Crippen LogP contribution < -0.4 is 10.1 Å². The molecule has 0 radical (unpaired) electrons.